The molecule has 0 spiro atoms. The Bertz CT molecular complexity index is 377. The molecule has 2 aromatic heterocycles. The Balaban J connectivity index is 2.46. The smallest absolute Gasteiger partial charge is 0.219 e. The molecule has 0 N–H and O–H groups in total. The fourth-order valence-corrected chi connectivity index (χ4v) is 1.57. The van der Waals surface area contributed by atoms with Crippen molar-refractivity contribution in [3.63, 3.8) is 0 Å². The van der Waals surface area contributed by atoms with E-state index in [1.54, 1.807) is 10.2 Å². The Kier molecular flexibility index (Phi) is 2.05. The molecule has 2 heterocycles. The van der Waals surface area contributed by atoms with Crippen molar-refractivity contribution in [3.8, 4) is 5.13 Å². The van der Waals surface area contributed by atoms with Crippen LogP contribution in [0.3, 0.4) is 0 Å². The third-order valence-corrected chi connectivity index (χ3v) is 2.29. The van der Waals surface area contributed by atoms with Gasteiger partial charge in [0.1, 0.15) is 17.7 Å². The molecule has 0 aliphatic carbocycles. The fourth-order valence-electron chi connectivity index (χ4n) is 1.05. The summed E-state index contributed by atoms with van der Waals surface area (Å²) < 4.78 is 1.72. The third-order valence-electron chi connectivity index (χ3n) is 1.62. The summed E-state index contributed by atoms with van der Waals surface area (Å²) in [6, 6.07) is 0. The normalized spacial score (nSPS) is 11.0. The highest BCUT2D eigenvalue weighted by Gasteiger charge is 2.11. The second-order valence-corrected chi connectivity index (χ2v) is 3.72. The topological polar surface area (TPSA) is 56.5 Å². The van der Waals surface area contributed by atoms with Crippen LogP contribution < -0.4 is 0 Å². The van der Waals surface area contributed by atoms with Gasteiger partial charge in [-0.1, -0.05) is 25.2 Å². The van der Waals surface area contributed by atoms with Gasteiger partial charge in [-0.25, -0.2) is 4.98 Å². The molecule has 68 valence electrons. The maximum Gasteiger partial charge on any atom is 0.234 e. The molecule has 0 amide bonds. The molecule has 0 radical (unpaired) electrons. The molecule has 6 heteroatoms. The zero-order chi connectivity index (χ0) is 9.26. The summed E-state index contributed by atoms with van der Waals surface area (Å²) in [7, 11) is 0. The van der Waals surface area contributed by atoms with Crippen LogP contribution in [0, 0.1) is 0 Å². The summed E-state index contributed by atoms with van der Waals surface area (Å²) >= 11 is 1.45. The first-order valence-electron chi connectivity index (χ1n) is 3.95. The van der Waals surface area contributed by atoms with E-state index in [0.717, 1.165) is 11.0 Å². The van der Waals surface area contributed by atoms with Crippen LogP contribution in [0.4, 0.5) is 0 Å². The fraction of sp³-hybridized carbons (Fsp3) is 0.429. The van der Waals surface area contributed by atoms with E-state index in [2.05, 4.69) is 34.1 Å². The summed E-state index contributed by atoms with van der Waals surface area (Å²) in [5.74, 6) is 1.25. The Morgan fingerprint density at radius 3 is 2.92 bits per heavy atom. The minimum atomic E-state index is 0.339. The lowest BCUT2D eigenvalue weighted by molar-refractivity contribution is 0.706. The van der Waals surface area contributed by atoms with Crippen LogP contribution in [0.25, 0.3) is 5.13 Å². The van der Waals surface area contributed by atoms with Crippen LogP contribution in [-0.4, -0.2) is 25.0 Å². The zero-order valence-electron chi connectivity index (χ0n) is 7.38. The lowest BCUT2D eigenvalue weighted by Crippen LogP contribution is -2.04. The van der Waals surface area contributed by atoms with Crippen LogP contribution in [-0.2, 0) is 0 Å². The molecule has 5 nitrogen and oxygen atoms in total. The molecular weight excluding hydrogens is 186 g/mol. The van der Waals surface area contributed by atoms with Crippen LogP contribution in [0.2, 0.25) is 0 Å². The van der Waals surface area contributed by atoms with Crippen molar-refractivity contribution < 1.29 is 0 Å². The highest BCUT2D eigenvalue weighted by molar-refractivity contribution is 7.11. The van der Waals surface area contributed by atoms with E-state index in [0.29, 0.717) is 5.92 Å². The molecule has 0 atom stereocenters. The van der Waals surface area contributed by atoms with E-state index < -0.39 is 0 Å². The van der Waals surface area contributed by atoms with Gasteiger partial charge in [-0.3, -0.25) is 0 Å². The molecule has 13 heavy (non-hydrogen) atoms. The van der Waals surface area contributed by atoms with Gasteiger partial charge in [-0.05, 0) is 0 Å². The van der Waals surface area contributed by atoms with Crippen molar-refractivity contribution in [1.29, 1.82) is 0 Å². The predicted molar refractivity (Wildman–Crippen MR) is 48.9 cm³/mol. The summed E-state index contributed by atoms with van der Waals surface area (Å²) in [6.45, 7) is 4.14. The number of aromatic nitrogens is 5. The monoisotopic (exact) mass is 195 g/mol. The molecule has 0 aliphatic heterocycles. The molecule has 0 fully saturated rings. The Morgan fingerprint density at radius 1 is 1.46 bits per heavy atom. The minimum absolute atomic E-state index is 0.339. The van der Waals surface area contributed by atoms with Gasteiger partial charge in [-0.15, -0.1) is 10.2 Å². The molecule has 0 aliphatic rings. The Labute approximate surface area is 79.5 Å². The molecule has 0 saturated carbocycles. The largest absolute Gasteiger partial charge is 0.234 e. The summed E-state index contributed by atoms with van der Waals surface area (Å²) in [5, 5.41) is 12.5. The van der Waals surface area contributed by atoms with E-state index in [1.165, 1.54) is 17.7 Å². The Hall–Kier alpha value is -1.30. The number of nitrogens with zero attached hydrogens (tertiary/aromatic N) is 5. The Morgan fingerprint density at radius 2 is 2.31 bits per heavy atom. The predicted octanol–water partition coefficient (Wildman–Crippen LogP) is 1.24. The van der Waals surface area contributed by atoms with Gasteiger partial charge < -0.3 is 0 Å². The van der Waals surface area contributed by atoms with E-state index >= 15 is 0 Å². The van der Waals surface area contributed by atoms with Crippen molar-refractivity contribution >= 4 is 11.3 Å². The van der Waals surface area contributed by atoms with Crippen molar-refractivity contribution in [2.24, 2.45) is 0 Å². The first kappa shape index (κ1) is 8.31. The molecule has 0 saturated heterocycles. The SMILES string of the molecule is CC(C)c1ncnn1-c1nncs1. The van der Waals surface area contributed by atoms with Gasteiger partial charge in [0, 0.05) is 5.92 Å². The second kappa shape index (κ2) is 3.21. The van der Waals surface area contributed by atoms with Gasteiger partial charge in [0.05, 0.1) is 0 Å². The lowest BCUT2D eigenvalue weighted by Gasteiger charge is -2.03. The van der Waals surface area contributed by atoms with Gasteiger partial charge >= 0.3 is 0 Å². The van der Waals surface area contributed by atoms with Gasteiger partial charge in [0.15, 0.2) is 0 Å². The molecule has 0 aromatic carbocycles. The van der Waals surface area contributed by atoms with Crippen LogP contribution >= 0.6 is 11.3 Å². The standard InChI is InChI=1S/C7H9N5S/c1-5(2)6-8-3-10-12(6)7-11-9-4-13-7/h3-5H,1-2H3. The van der Waals surface area contributed by atoms with Gasteiger partial charge in [0.2, 0.25) is 5.13 Å². The summed E-state index contributed by atoms with van der Waals surface area (Å²) in [6.07, 6.45) is 1.54. The minimum Gasteiger partial charge on any atom is -0.219 e. The highest BCUT2D eigenvalue weighted by Crippen LogP contribution is 2.15. The molecule has 0 unspecified atom stereocenters. The molecule has 2 rings (SSSR count). The van der Waals surface area contributed by atoms with Gasteiger partial charge in [0.25, 0.3) is 0 Å². The quantitative estimate of drug-likeness (QED) is 0.723. The summed E-state index contributed by atoms with van der Waals surface area (Å²) in [4.78, 5) is 4.16. The average molecular weight is 195 g/mol. The maximum absolute atomic E-state index is 4.16. The summed E-state index contributed by atoms with van der Waals surface area (Å²) in [5.41, 5.74) is 1.68. The number of hydrogen-bond donors (Lipinski definition) is 0. The van der Waals surface area contributed by atoms with Crippen LogP contribution in [0.1, 0.15) is 25.6 Å². The highest BCUT2D eigenvalue weighted by atomic mass is 32.1. The average Bonchev–Trinajstić information content (AvgIpc) is 2.74. The van der Waals surface area contributed by atoms with Crippen LogP contribution in [0.15, 0.2) is 11.8 Å². The van der Waals surface area contributed by atoms with Crippen molar-refractivity contribution in [3.05, 3.63) is 17.7 Å². The number of rotatable bonds is 2. The molecule has 0 bridgehead atoms. The third kappa shape index (κ3) is 1.44. The second-order valence-electron chi connectivity index (χ2n) is 2.91. The van der Waals surface area contributed by atoms with E-state index in [4.69, 9.17) is 0 Å². The number of hydrogen-bond acceptors (Lipinski definition) is 5. The molecule has 2 aromatic rings. The van der Waals surface area contributed by atoms with Crippen LogP contribution in [0.5, 0.6) is 0 Å². The lowest BCUT2D eigenvalue weighted by atomic mass is 10.2. The van der Waals surface area contributed by atoms with Crippen molar-refractivity contribution in [1.82, 2.24) is 25.0 Å². The zero-order valence-corrected chi connectivity index (χ0v) is 8.19. The maximum atomic E-state index is 4.16. The molecular formula is C7H9N5S. The van der Waals surface area contributed by atoms with Crippen molar-refractivity contribution in [2.75, 3.05) is 0 Å². The van der Waals surface area contributed by atoms with E-state index in [1.807, 2.05) is 0 Å². The first-order valence-corrected chi connectivity index (χ1v) is 4.83. The van der Waals surface area contributed by atoms with E-state index in [-0.39, 0.29) is 0 Å². The van der Waals surface area contributed by atoms with E-state index in [9.17, 15) is 0 Å². The van der Waals surface area contributed by atoms with Gasteiger partial charge in [-0.2, -0.15) is 9.78 Å². The first-order chi connectivity index (χ1) is 6.29. The van der Waals surface area contributed by atoms with Crippen molar-refractivity contribution in [2.45, 2.75) is 19.8 Å².